The number of carbonyl (C=O) groups is 1. The van der Waals surface area contributed by atoms with Crippen LogP contribution in [0.3, 0.4) is 0 Å². The molecule has 2 aromatic carbocycles. The Morgan fingerprint density at radius 1 is 1.20 bits per heavy atom. The van der Waals surface area contributed by atoms with E-state index in [1.165, 1.54) is 5.56 Å². The number of morpholine rings is 1. The number of hydrogen-bond donors (Lipinski definition) is 1. The lowest BCUT2D eigenvalue weighted by molar-refractivity contribution is -0.0135. The number of aryl methyl sites for hydroxylation is 1. The van der Waals surface area contributed by atoms with E-state index in [1.54, 1.807) is 4.90 Å². The number of amides is 2. The number of benzene rings is 2. The van der Waals surface area contributed by atoms with Crippen molar-refractivity contribution >= 4 is 11.7 Å². The van der Waals surface area contributed by atoms with E-state index in [0.717, 1.165) is 17.0 Å². The average molecular weight is 340 g/mol. The predicted octanol–water partition coefficient (Wildman–Crippen LogP) is 4.00. The van der Waals surface area contributed by atoms with Gasteiger partial charge in [-0.05, 0) is 43.7 Å². The van der Waals surface area contributed by atoms with Crippen molar-refractivity contribution in [1.29, 1.82) is 0 Å². The van der Waals surface area contributed by atoms with Crippen molar-refractivity contribution in [3.63, 3.8) is 0 Å². The molecule has 1 fully saturated rings. The van der Waals surface area contributed by atoms with Gasteiger partial charge in [-0.15, -0.1) is 0 Å². The summed E-state index contributed by atoms with van der Waals surface area (Å²) in [6.45, 7) is 6.30. The van der Waals surface area contributed by atoms with Crippen LogP contribution in [0.4, 0.5) is 10.5 Å². The minimum absolute atomic E-state index is 0.0829. The summed E-state index contributed by atoms with van der Waals surface area (Å²) in [5.74, 6) is 0.798. The number of rotatable bonds is 4. The Hall–Kier alpha value is -2.53. The molecule has 1 aliphatic heterocycles. The van der Waals surface area contributed by atoms with Gasteiger partial charge in [0.25, 0.3) is 0 Å². The largest absolute Gasteiger partial charge is 0.494 e. The minimum atomic E-state index is -0.107. The molecule has 0 spiro atoms. The molecule has 2 aromatic rings. The Balaban J connectivity index is 1.60. The second-order valence-corrected chi connectivity index (χ2v) is 6.10. The maximum atomic E-state index is 12.5. The maximum Gasteiger partial charge on any atom is 0.322 e. The van der Waals surface area contributed by atoms with Crippen LogP contribution in [0.25, 0.3) is 0 Å². The molecule has 0 aromatic heterocycles. The van der Waals surface area contributed by atoms with Crippen LogP contribution in [0.15, 0.2) is 48.5 Å². The summed E-state index contributed by atoms with van der Waals surface area (Å²) < 4.78 is 11.3. The third-order valence-corrected chi connectivity index (χ3v) is 4.22. The zero-order valence-electron chi connectivity index (χ0n) is 14.7. The number of ether oxygens (including phenoxy) is 2. The van der Waals surface area contributed by atoms with Crippen molar-refractivity contribution in [1.82, 2.24) is 4.90 Å². The lowest BCUT2D eigenvalue weighted by Gasteiger charge is -2.33. The molecular formula is C20H24N2O3. The van der Waals surface area contributed by atoms with Crippen molar-refractivity contribution in [2.45, 2.75) is 20.0 Å². The van der Waals surface area contributed by atoms with Gasteiger partial charge >= 0.3 is 6.03 Å². The second kappa shape index (κ2) is 8.03. The van der Waals surface area contributed by atoms with Crippen molar-refractivity contribution < 1.29 is 14.3 Å². The van der Waals surface area contributed by atoms with Gasteiger partial charge in [0.1, 0.15) is 11.9 Å². The van der Waals surface area contributed by atoms with Crippen LogP contribution in [0.2, 0.25) is 0 Å². The number of nitrogens with zero attached hydrogens (tertiary/aromatic N) is 1. The third kappa shape index (κ3) is 4.51. The first-order chi connectivity index (χ1) is 12.2. The molecule has 5 nitrogen and oxygen atoms in total. The van der Waals surface area contributed by atoms with E-state index >= 15 is 0 Å². The molecule has 1 aliphatic rings. The van der Waals surface area contributed by atoms with Crippen LogP contribution in [-0.2, 0) is 4.74 Å². The quantitative estimate of drug-likeness (QED) is 0.915. The van der Waals surface area contributed by atoms with Gasteiger partial charge in [0, 0.05) is 12.2 Å². The topological polar surface area (TPSA) is 50.8 Å². The zero-order chi connectivity index (χ0) is 17.6. The van der Waals surface area contributed by atoms with Gasteiger partial charge in [-0.2, -0.15) is 0 Å². The van der Waals surface area contributed by atoms with E-state index < -0.39 is 0 Å². The fraction of sp³-hybridized carbons (Fsp3) is 0.350. The van der Waals surface area contributed by atoms with Gasteiger partial charge in [-0.25, -0.2) is 4.79 Å². The monoisotopic (exact) mass is 340 g/mol. The van der Waals surface area contributed by atoms with Gasteiger partial charge in [-0.3, -0.25) is 0 Å². The molecule has 1 N–H and O–H groups in total. The Kier molecular flexibility index (Phi) is 5.56. The van der Waals surface area contributed by atoms with E-state index in [2.05, 4.69) is 36.5 Å². The summed E-state index contributed by atoms with van der Waals surface area (Å²) in [6, 6.07) is 15.6. The van der Waals surface area contributed by atoms with Gasteiger partial charge in [0.15, 0.2) is 0 Å². The summed E-state index contributed by atoms with van der Waals surface area (Å²) in [5, 5.41) is 2.94. The molecule has 25 heavy (non-hydrogen) atoms. The SMILES string of the molecule is CCOc1ccc(NC(=O)N2CCOC(c3ccc(C)cc3)C2)cc1. The fourth-order valence-corrected chi connectivity index (χ4v) is 2.82. The van der Waals surface area contributed by atoms with E-state index in [9.17, 15) is 4.79 Å². The van der Waals surface area contributed by atoms with Crippen LogP contribution in [-0.4, -0.2) is 37.2 Å². The lowest BCUT2D eigenvalue weighted by atomic mass is 10.1. The molecule has 1 atom stereocenters. The average Bonchev–Trinajstić information content (AvgIpc) is 2.64. The van der Waals surface area contributed by atoms with Gasteiger partial charge in [0.2, 0.25) is 0 Å². The number of carbonyl (C=O) groups excluding carboxylic acids is 1. The highest BCUT2D eigenvalue weighted by Gasteiger charge is 2.25. The van der Waals surface area contributed by atoms with Gasteiger partial charge in [0.05, 0.1) is 19.8 Å². The second-order valence-electron chi connectivity index (χ2n) is 6.10. The Morgan fingerprint density at radius 2 is 1.92 bits per heavy atom. The molecule has 132 valence electrons. The Morgan fingerprint density at radius 3 is 2.60 bits per heavy atom. The molecule has 3 rings (SSSR count). The number of urea groups is 1. The third-order valence-electron chi connectivity index (χ3n) is 4.22. The molecule has 0 aliphatic carbocycles. The molecule has 5 heteroatoms. The van der Waals surface area contributed by atoms with Crippen LogP contribution in [0, 0.1) is 6.92 Å². The van der Waals surface area contributed by atoms with Crippen LogP contribution < -0.4 is 10.1 Å². The highest BCUT2D eigenvalue weighted by molar-refractivity contribution is 5.89. The molecule has 1 saturated heterocycles. The van der Waals surface area contributed by atoms with Crippen molar-refractivity contribution in [3.8, 4) is 5.75 Å². The van der Waals surface area contributed by atoms with Crippen LogP contribution in [0.1, 0.15) is 24.2 Å². The van der Waals surface area contributed by atoms with Crippen LogP contribution in [0.5, 0.6) is 5.75 Å². The van der Waals surface area contributed by atoms with E-state index in [0.29, 0.717) is 26.3 Å². The molecule has 0 saturated carbocycles. The standard InChI is InChI=1S/C20H24N2O3/c1-3-24-18-10-8-17(9-11-18)21-20(23)22-12-13-25-19(14-22)16-6-4-15(2)5-7-16/h4-11,19H,3,12-14H2,1-2H3,(H,21,23). The fourth-order valence-electron chi connectivity index (χ4n) is 2.82. The molecular weight excluding hydrogens is 316 g/mol. The van der Waals surface area contributed by atoms with E-state index in [-0.39, 0.29) is 12.1 Å². The Bertz CT molecular complexity index is 698. The normalized spacial score (nSPS) is 17.2. The number of anilines is 1. The maximum absolute atomic E-state index is 12.5. The summed E-state index contributed by atoms with van der Waals surface area (Å²) in [4.78, 5) is 14.3. The van der Waals surface area contributed by atoms with Gasteiger partial charge < -0.3 is 19.7 Å². The molecule has 0 bridgehead atoms. The minimum Gasteiger partial charge on any atom is -0.494 e. The summed E-state index contributed by atoms with van der Waals surface area (Å²) in [7, 11) is 0. The molecule has 0 radical (unpaired) electrons. The summed E-state index contributed by atoms with van der Waals surface area (Å²) in [5.41, 5.74) is 3.07. The van der Waals surface area contributed by atoms with Crippen molar-refractivity contribution in [3.05, 3.63) is 59.7 Å². The van der Waals surface area contributed by atoms with E-state index in [1.807, 2.05) is 31.2 Å². The van der Waals surface area contributed by atoms with Gasteiger partial charge in [-0.1, -0.05) is 29.8 Å². The van der Waals surface area contributed by atoms with Crippen molar-refractivity contribution in [2.75, 3.05) is 31.6 Å². The Labute approximate surface area is 148 Å². The smallest absolute Gasteiger partial charge is 0.322 e. The highest BCUT2D eigenvalue weighted by atomic mass is 16.5. The lowest BCUT2D eigenvalue weighted by Crippen LogP contribution is -2.44. The number of nitrogens with one attached hydrogen (secondary N) is 1. The first-order valence-corrected chi connectivity index (χ1v) is 8.62. The summed E-state index contributed by atoms with van der Waals surface area (Å²) >= 11 is 0. The summed E-state index contributed by atoms with van der Waals surface area (Å²) in [6.07, 6.45) is -0.0829. The number of hydrogen-bond acceptors (Lipinski definition) is 3. The van der Waals surface area contributed by atoms with Crippen molar-refractivity contribution in [2.24, 2.45) is 0 Å². The van der Waals surface area contributed by atoms with E-state index in [4.69, 9.17) is 9.47 Å². The first-order valence-electron chi connectivity index (χ1n) is 8.62. The zero-order valence-corrected chi connectivity index (χ0v) is 14.7. The highest BCUT2D eigenvalue weighted by Crippen LogP contribution is 2.23. The predicted molar refractivity (Wildman–Crippen MR) is 98.1 cm³/mol. The van der Waals surface area contributed by atoms with Crippen LogP contribution >= 0.6 is 0 Å². The molecule has 1 heterocycles. The molecule has 1 unspecified atom stereocenters. The molecule has 2 amide bonds. The first kappa shape index (κ1) is 17.3.